The number of allylic oxidation sites excluding steroid dienone is 9. The van der Waals surface area contributed by atoms with E-state index in [1.165, 1.54) is 133 Å². The van der Waals surface area contributed by atoms with Crippen LogP contribution in [0.15, 0.2) is 176 Å². The summed E-state index contributed by atoms with van der Waals surface area (Å²) in [5, 5.41) is 5.18. The van der Waals surface area contributed by atoms with Gasteiger partial charge in [-0.3, -0.25) is 0 Å². The van der Waals surface area contributed by atoms with Gasteiger partial charge in [0.1, 0.15) is 0 Å². The molecule has 5 aliphatic rings. The normalized spacial score (nSPS) is 18.8. The summed E-state index contributed by atoms with van der Waals surface area (Å²) in [4.78, 5) is 0. The van der Waals surface area contributed by atoms with Gasteiger partial charge in [-0.2, -0.15) is 0 Å². The molecule has 13 rings (SSSR count). The molecule has 0 amide bonds. The Balaban J connectivity index is 1.17. The molecular formula is C67H56. The molecule has 0 saturated carbocycles. The summed E-state index contributed by atoms with van der Waals surface area (Å²) < 4.78 is 0. The first-order chi connectivity index (χ1) is 32.4. The summed E-state index contributed by atoms with van der Waals surface area (Å²) in [5.74, 6) is 0.793. The van der Waals surface area contributed by atoms with Crippen molar-refractivity contribution in [2.75, 3.05) is 0 Å². The first-order valence-electron chi connectivity index (χ1n) is 24.6. The highest BCUT2D eigenvalue weighted by Crippen LogP contribution is 2.68. The molecule has 0 heteroatoms. The second kappa shape index (κ2) is 14.5. The number of hydrogen-bond donors (Lipinski definition) is 0. The zero-order valence-corrected chi connectivity index (χ0v) is 39.8. The highest BCUT2D eigenvalue weighted by Gasteiger charge is 2.51. The fourth-order valence-electron chi connectivity index (χ4n) is 12.6. The van der Waals surface area contributed by atoms with Crippen LogP contribution in [-0.2, 0) is 17.3 Å². The van der Waals surface area contributed by atoms with Gasteiger partial charge in [-0.15, -0.1) is 0 Å². The first kappa shape index (κ1) is 40.3. The van der Waals surface area contributed by atoms with Crippen LogP contribution >= 0.6 is 0 Å². The molecule has 8 aromatic rings. The second-order valence-corrected chi connectivity index (χ2v) is 22.0. The predicted molar refractivity (Wildman–Crippen MR) is 288 cm³/mol. The number of hydrogen-bond acceptors (Lipinski definition) is 0. The van der Waals surface area contributed by atoms with Gasteiger partial charge in [-0.25, -0.2) is 0 Å². The van der Waals surface area contributed by atoms with E-state index in [9.17, 15) is 0 Å². The van der Waals surface area contributed by atoms with E-state index in [1.54, 1.807) is 0 Å². The molecule has 324 valence electrons. The van der Waals surface area contributed by atoms with Gasteiger partial charge in [0, 0.05) is 11.8 Å². The Kier molecular flexibility index (Phi) is 8.71. The Morgan fingerprint density at radius 1 is 0.388 bits per heavy atom. The van der Waals surface area contributed by atoms with E-state index in [0.29, 0.717) is 5.92 Å². The van der Waals surface area contributed by atoms with E-state index in [4.69, 9.17) is 0 Å². The molecule has 8 aromatic carbocycles. The molecule has 3 atom stereocenters. The third-order valence-electron chi connectivity index (χ3n) is 15.8. The minimum atomic E-state index is -0.0113. The van der Waals surface area contributed by atoms with Gasteiger partial charge >= 0.3 is 0 Å². The fraction of sp³-hybridized carbons (Fsp3) is 0.194. The fourth-order valence-corrected chi connectivity index (χ4v) is 12.6. The summed E-state index contributed by atoms with van der Waals surface area (Å²) in [6, 6.07) is 55.3. The molecule has 67 heavy (non-hydrogen) atoms. The lowest BCUT2D eigenvalue weighted by atomic mass is 9.71. The van der Waals surface area contributed by atoms with Crippen LogP contribution in [0.2, 0.25) is 0 Å². The van der Waals surface area contributed by atoms with Crippen LogP contribution in [0.3, 0.4) is 0 Å². The van der Waals surface area contributed by atoms with Gasteiger partial charge in [-0.1, -0.05) is 218 Å². The summed E-state index contributed by atoms with van der Waals surface area (Å²) >= 11 is 0. The molecule has 0 heterocycles. The Labute approximate surface area is 396 Å². The molecule has 0 N–H and O–H groups in total. The van der Waals surface area contributed by atoms with Crippen molar-refractivity contribution in [3.8, 4) is 44.5 Å². The number of fused-ring (bicyclic) bond motifs is 9. The Bertz CT molecular complexity index is 3560. The van der Waals surface area contributed by atoms with Gasteiger partial charge < -0.3 is 0 Å². The molecular weight excluding hydrogens is 805 g/mol. The van der Waals surface area contributed by atoms with Crippen molar-refractivity contribution in [3.63, 3.8) is 0 Å². The van der Waals surface area contributed by atoms with Crippen LogP contribution in [0.5, 0.6) is 0 Å². The van der Waals surface area contributed by atoms with Crippen molar-refractivity contribution >= 4 is 49.9 Å². The quantitative estimate of drug-likeness (QED) is 0.155. The maximum Gasteiger partial charge on any atom is 0.0212 e. The van der Waals surface area contributed by atoms with Crippen molar-refractivity contribution in [1.29, 1.82) is 0 Å². The molecule has 0 nitrogen and oxygen atoms in total. The molecule has 0 fully saturated rings. The Morgan fingerprint density at radius 3 is 1.21 bits per heavy atom. The van der Waals surface area contributed by atoms with E-state index in [1.807, 2.05) is 0 Å². The maximum absolute atomic E-state index is 2.56. The molecule has 0 aliphatic heterocycles. The average Bonchev–Trinajstić information content (AvgIpc) is 3.84. The average molecular weight is 861 g/mol. The van der Waals surface area contributed by atoms with Crippen LogP contribution < -0.4 is 0 Å². The molecule has 0 saturated heterocycles. The van der Waals surface area contributed by atoms with Crippen LogP contribution in [0, 0.1) is 17.8 Å². The predicted octanol–water partition coefficient (Wildman–Crippen LogP) is 18.0. The van der Waals surface area contributed by atoms with Crippen molar-refractivity contribution in [1.82, 2.24) is 0 Å². The zero-order chi connectivity index (χ0) is 45.5. The zero-order valence-electron chi connectivity index (χ0n) is 39.8. The van der Waals surface area contributed by atoms with Crippen molar-refractivity contribution < 1.29 is 0 Å². The van der Waals surface area contributed by atoms with Gasteiger partial charge in [-0.05, 0) is 168 Å². The summed E-state index contributed by atoms with van der Waals surface area (Å²) in [5.41, 5.74) is 27.9. The monoisotopic (exact) mass is 860 g/mol. The maximum atomic E-state index is 2.56. The van der Waals surface area contributed by atoms with Crippen LogP contribution in [0.4, 0.5) is 0 Å². The van der Waals surface area contributed by atoms with Crippen molar-refractivity contribution in [3.05, 3.63) is 220 Å². The number of rotatable bonds is 4. The van der Waals surface area contributed by atoms with E-state index < -0.39 is 0 Å². The molecule has 0 radical (unpaired) electrons. The van der Waals surface area contributed by atoms with E-state index in [2.05, 4.69) is 231 Å². The molecule has 5 aliphatic carbocycles. The number of benzene rings is 8. The lowest BCUT2D eigenvalue weighted by Crippen LogP contribution is -2.18. The van der Waals surface area contributed by atoms with Gasteiger partial charge in [0.25, 0.3) is 0 Å². The highest BCUT2D eigenvalue weighted by molar-refractivity contribution is 6.23. The second-order valence-electron chi connectivity index (χ2n) is 22.0. The molecule has 0 aromatic heterocycles. The van der Waals surface area contributed by atoms with Crippen LogP contribution in [-0.4, -0.2) is 0 Å². The van der Waals surface area contributed by atoms with E-state index >= 15 is 0 Å². The topological polar surface area (TPSA) is 0 Å². The lowest BCUT2D eigenvalue weighted by Gasteiger charge is -2.31. The van der Waals surface area contributed by atoms with Crippen LogP contribution in [0.25, 0.3) is 94.4 Å². The van der Waals surface area contributed by atoms with Crippen molar-refractivity contribution in [2.45, 2.75) is 65.7 Å². The lowest BCUT2D eigenvalue weighted by molar-refractivity contribution is 0.569. The van der Waals surface area contributed by atoms with Crippen LogP contribution in [0.1, 0.15) is 93.0 Å². The minimum absolute atomic E-state index is 0.0113. The summed E-state index contributed by atoms with van der Waals surface area (Å²) in [7, 11) is 0. The molecule has 3 unspecified atom stereocenters. The molecule has 0 spiro atoms. The van der Waals surface area contributed by atoms with Gasteiger partial charge in [0.2, 0.25) is 0 Å². The standard InChI is InChI=1S/C67H56/c1-39-27-28-48-53(33-39)56(40-19-11-8-12-20-40)62-49-29-30-50-60-51(31-32-52(61(49)60)65(62)59(48)45-34-46(66(2,3)4)38-47(35-45)67(5,6)7)64-58(42-23-15-10-16-24-42)55-37-44-26-18-17-25-43(44)36-54(55)57(63(50)64)41-21-13-9-14-22-41/h8-32,34-39,60-61H,33H2,1-7H3. The smallest absolute Gasteiger partial charge is 0.0212 e. The SMILES string of the molecule is CC1C=Cc2c(c(-c3ccccc3)c3c(c2-c2cc(C(C)(C)C)cc(C(C)(C)C)c2)C2=CC=C4c5c(c(-c6ccccc6)c6cc7ccccc7cc6c5-c5ccccc5)C5=CC=C3C2C45)C1. The third kappa shape index (κ3) is 5.98. The first-order valence-corrected chi connectivity index (χ1v) is 24.6. The Hall–Kier alpha value is -7.02. The summed E-state index contributed by atoms with van der Waals surface area (Å²) in [6.07, 6.45) is 16.2. The minimum Gasteiger partial charge on any atom is -0.0807 e. The Morgan fingerprint density at radius 2 is 0.776 bits per heavy atom. The van der Waals surface area contributed by atoms with Gasteiger partial charge in [0.05, 0.1) is 0 Å². The van der Waals surface area contributed by atoms with E-state index in [-0.39, 0.29) is 22.7 Å². The third-order valence-corrected chi connectivity index (χ3v) is 15.8. The highest BCUT2D eigenvalue weighted by atomic mass is 14.5. The largest absolute Gasteiger partial charge is 0.0807 e. The molecule has 0 bridgehead atoms. The summed E-state index contributed by atoms with van der Waals surface area (Å²) in [6.45, 7) is 16.6. The van der Waals surface area contributed by atoms with E-state index in [0.717, 1.165) is 6.42 Å². The van der Waals surface area contributed by atoms with Crippen molar-refractivity contribution in [2.24, 2.45) is 17.8 Å². The van der Waals surface area contributed by atoms with Gasteiger partial charge in [0.15, 0.2) is 0 Å².